The number of aryl methyl sites for hydroxylation is 1. The lowest BCUT2D eigenvalue weighted by Crippen LogP contribution is -2.05. The van der Waals surface area contributed by atoms with E-state index in [1.54, 1.807) is 19.4 Å². The van der Waals surface area contributed by atoms with Crippen molar-refractivity contribution in [3.63, 3.8) is 0 Å². The first-order valence-corrected chi connectivity index (χ1v) is 5.48. The summed E-state index contributed by atoms with van der Waals surface area (Å²) in [6.45, 7) is 1.58. The zero-order valence-corrected chi connectivity index (χ0v) is 9.39. The number of halogens is 1. The van der Waals surface area contributed by atoms with Crippen LogP contribution in [-0.4, -0.2) is 19.5 Å². The Labute approximate surface area is 97.5 Å². The van der Waals surface area contributed by atoms with Crippen molar-refractivity contribution >= 4 is 5.82 Å². The molecule has 1 fully saturated rings. The van der Waals surface area contributed by atoms with Crippen LogP contribution in [0.4, 0.5) is 10.2 Å². The molecule has 0 atom stereocenters. The van der Waals surface area contributed by atoms with Crippen LogP contribution in [0.25, 0.3) is 11.5 Å². The number of nitrogen functional groups attached to an aromatic ring is 1. The average molecular weight is 233 g/mol. The number of nitrogens with two attached hydrogens (primary N) is 1. The molecule has 2 aromatic rings. The summed E-state index contributed by atoms with van der Waals surface area (Å²) in [7, 11) is 0. The standard InChI is InChI=1S/C11H12FN5/c1-6-9(12)10(13)16-11(15-6)8-4-14-5-17(8)7-2-3-7/h4-5,7H,2-3H2,1H3,(H2,13,15,16). The first-order valence-electron chi connectivity index (χ1n) is 5.48. The molecule has 17 heavy (non-hydrogen) atoms. The molecule has 0 unspecified atom stereocenters. The van der Waals surface area contributed by atoms with Crippen molar-refractivity contribution in [2.24, 2.45) is 0 Å². The summed E-state index contributed by atoms with van der Waals surface area (Å²) >= 11 is 0. The Bertz CT molecular complexity index is 550. The van der Waals surface area contributed by atoms with Crippen LogP contribution in [0, 0.1) is 12.7 Å². The molecule has 1 aliphatic rings. The van der Waals surface area contributed by atoms with Crippen molar-refractivity contribution in [1.29, 1.82) is 0 Å². The van der Waals surface area contributed by atoms with Gasteiger partial charge in [0.15, 0.2) is 17.5 Å². The van der Waals surface area contributed by atoms with E-state index >= 15 is 0 Å². The van der Waals surface area contributed by atoms with E-state index in [0.29, 0.717) is 11.9 Å². The zero-order valence-electron chi connectivity index (χ0n) is 9.39. The first-order chi connectivity index (χ1) is 8.16. The number of hydrogen-bond acceptors (Lipinski definition) is 4. The Balaban J connectivity index is 2.11. The monoisotopic (exact) mass is 233 g/mol. The molecule has 2 N–H and O–H groups in total. The van der Waals surface area contributed by atoms with Crippen molar-refractivity contribution in [2.45, 2.75) is 25.8 Å². The summed E-state index contributed by atoms with van der Waals surface area (Å²) in [5, 5.41) is 0. The van der Waals surface area contributed by atoms with Crippen molar-refractivity contribution in [3.8, 4) is 11.5 Å². The van der Waals surface area contributed by atoms with Crippen molar-refractivity contribution in [3.05, 3.63) is 24.0 Å². The number of aromatic nitrogens is 4. The van der Waals surface area contributed by atoms with Gasteiger partial charge in [0, 0.05) is 6.04 Å². The number of hydrogen-bond donors (Lipinski definition) is 1. The number of rotatable bonds is 2. The Morgan fingerprint density at radius 2 is 2.18 bits per heavy atom. The van der Waals surface area contributed by atoms with Gasteiger partial charge in [0.25, 0.3) is 0 Å². The fourth-order valence-corrected chi connectivity index (χ4v) is 1.82. The smallest absolute Gasteiger partial charge is 0.186 e. The maximum atomic E-state index is 13.4. The Hall–Kier alpha value is -1.98. The molecule has 0 bridgehead atoms. The maximum Gasteiger partial charge on any atom is 0.186 e. The summed E-state index contributed by atoms with van der Waals surface area (Å²) in [6, 6.07) is 0.475. The largest absolute Gasteiger partial charge is 0.381 e. The zero-order chi connectivity index (χ0) is 12.0. The minimum Gasteiger partial charge on any atom is -0.381 e. The third-order valence-electron chi connectivity index (χ3n) is 2.88. The Morgan fingerprint density at radius 1 is 1.41 bits per heavy atom. The second-order valence-electron chi connectivity index (χ2n) is 4.25. The van der Waals surface area contributed by atoms with Gasteiger partial charge in [-0.1, -0.05) is 0 Å². The van der Waals surface area contributed by atoms with Gasteiger partial charge in [-0.3, -0.25) is 0 Å². The molecule has 0 aliphatic heterocycles. The summed E-state index contributed by atoms with van der Waals surface area (Å²) < 4.78 is 15.4. The summed E-state index contributed by atoms with van der Waals surface area (Å²) in [4.78, 5) is 12.2. The fraction of sp³-hybridized carbons (Fsp3) is 0.364. The molecule has 0 aromatic carbocycles. The van der Waals surface area contributed by atoms with E-state index in [9.17, 15) is 4.39 Å². The van der Waals surface area contributed by atoms with Crippen LogP contribution in [0.3, 0.4) is 0 Å². The normalized spacial score (nSPS) is 15.2. The van der Waals surface area contributed by atoms with Gasteiger partial charge in [-0.15, -0.1) is 0 Å². The van der Waals surface area contributed by atoms with Crippen LogP contribution in [0.15, 0.2) is 12.5 Å². The predicted octanol–water partition coefficient (Wildman–Crippen LogP) is 1.70. The van der Waals surface area contributed by atoms with Gasteiger partial charge in [-0.25, -0.2) is 19.3 Å². The maximum absolute atomic E-state index is 13.4. The quantitative estimate of drug-likeness (QED) is 0.857. The first kappa shape index (κ1) is 10.2. The number of anilines is 1. The average Bonchev–Trinajstić information content (AvgIpc) is 3.03. The SMILES string of the molecule is Cc1nc(-c2cncn2C2CC2)nc(N)c1F. The van der Waals surface area contributed by atoms with Crippen LogP contribution in [0.1, 0.15) is 24.6 Å². The Kier molecular flexibility index (Phi) is 2.10. The van der Waals surface area contributed by atoms with E-state index in [0.717, 1.165) is 18.5 Å². The van der Waals surface area contributed by atoms with Gasteiger partial charge >= 0.3 is 0 Å². The molecule has 0 radical (unpaired) electrons. The molecule has 5 nitrogen and oxygen atoms in total. The lowest BCUT2D eigenvalue weighted by molar-refractivity contribution is 0.608. The van der Waals surface area contributed by atoms with Crippen molar-refractivity contribution < 1.29 is 4.39 Å². The molecule has 3 rings (SSSR count). The number of imidazole rings is 1. The third kappa shape index (κ3) is 1.65. The van der Waals surface area contributed by atoms with Crippen LogP contribution < -0.4 is 5.73 Å². The summed E-state index contributed by atoms with van der Waals surface area (Å²) in [5.41, 5.74) is 6.57. The topological polar surface area (TPSA) is 69.6 Å². The molecule has 1 aliphatic carbocycles. The number of nitrogens with zero attached hydrogens (tertiary/aromatic N) is 4. The van der Waals surface area contributed by atoms with Gasteiger partial charge in [-0.2, -0.15) is 0 Å². The highest BCUT2D eigenvalue weighted by atomic mass is 19.1. The Morgan fingerprint density at radius 3 is 2.82 bits per heavy atom. The third-order valence-corrected chi connectivity index (χ3v) is 2.88. The van der Waals surface area contributed by atoms with Crippen LogP contribution in [-0.2, 0) is 0 Å². The second-order valence-corrected chi connectivity index (χ2v) is 4.25. The molecular formula is C11H12FN5. The van der Waals surface area contributed by atoms with Gasteiger partial charge < -0.3 is 10.3 Å². The highest BCUT2D eigenvalue weighted by Gasteiger charge is 2.26. The van der Waals surface area contributed by atoms with Crippen LogP contribution >= 0.6 is 0 Å². The van der Waals surface area contributed by atoms with E-state index in [2.05, 4.69) is 15.0 Å². The lowest BCUT2D eigenvalue weighted by Gasteiger charge is -2.07. The second kappa shape index (κ2) is 3.51. The predicted molar refractivity (Wildman–Crippen MR) is 60.6 cm³/mol. The van der Waals surface area contributed by atoms with Crippen LogP contribution in [0.5, 0.6) is 0 Å². The molecule has 2 aromatic heterocycles. The molecule has 6 heteroatoms. The highest BCUT2D eigenvalue weighted by molar-refractivity contribution is 5.52. The lowest BCUT2D eigenvalue weighted by atomic mass is 10.3. The molecule has 0 amide bonds. The van der Waals surface area contributed by atoms with Gasteiger partial charge in [0.05, 0.1) is 18.2 Å². The van der Waals surface area contributed by atoms with E-state index in [1.807, 2.05) is 4.57 Å². The summed E-state index contributed by atoms with van der Waals surface area (Å²) in [6.07, 6.45) is 5.72. The van der Waals surface area contributed by atoms with E-state index in [1.165, 1.54) is 0 Å². The molecule has 88 valence electrons. The fourth-order valence-electron chi connectivity index (χ4n) is 1.82. The minimum atomic E-state index is -0.550. The van der Waals surface area contributed by atoms with E-state index in [-0.39, 0.29) is 11.5 Å². The molecule has 0 spiro atoms. The highest BCUT2D eigenvalue weighted by Crippen LogP contribution is 2.37. The van der Waals surface area contributed by atoms with Gasteiger partial charge in [0.1, 0.15) is 5.69 Å². The molecule has 0 saturated heterocycles. The van der Waals surface area contributed by atoms with E-state index in [4.69, 9.17) is 5.73 Å². The van der Waals surface area contributed by atoms with Gasteiger partial charge in [-0.05, 0) is 19.8 Å². The molecule has 2 heterocycles. The van der Waals surface area contributed by atoms with E-state index < -0.39 is 5.82 Å². The minimum absolute atomic E-state index is 0.115. The van der Waals surface area contributed by atoms with Crippen molar-refractivity contribution in [1.82, 2.24) is 19.5 Å². The van der Waals surface area contributed by atoms with Crippen LogP contribution in [0.2, 0.25) is 0 Å². The van der Waals surface area contributed by atoms with Crippen molar-refractivity contribution in [2.75, 3.05) is 5.73 Å². The molecule has 1 saturated carbocycles. The molecular weight excluding hydrogens is 221 g/mol. The summed E-state index contributed by atoms with van der Waals surface area (Å²) in [5.74, 6) is -0.229. The van der Waals surface area contributed by atoms with Gasteiger partial charge in [0.2, 0.25) is 0 Å².